The van der Waals surface area contributed by atoms with Crippen molar-refractivity contribution in [2.24, 2.45) is 0 Å². The molecule has 1 atom stereocenters. The third-order valence-electron chi connectivity index (χ3n) is 7.57. The van der Waals surface area contributed by atoms with Crippen LogP contribution in [0.3, 0.4) is 0 Å². The van der Waals surface area contributed by atoms with E-state index in [1.165, 1.54) is 9.47 Å². The van der Waals surface area contributed by atoms with Gasteiger partial charge in [0.15, 0.2) is 0 Å². The summed E-state index contributed by atoms with van der Waals surface area (Å²) in [7, 11) is 0. The zero-order valence-corrected chi connectivity index (χ0v) is 23.7. The molecule has 1 aliphatic heterocycles. The number of hydrogen-bond donors (Lipinski definition) is 0. The highest BCUT2D eigenvalue weighted by Crippen LogP contribution is 2.37. The lowest BCUT2D eigenvalue weighted by Crippen LogP contribution is -2.50. The van der Waals surface area contributed by atoms with Crippen LogP contribution in [0, 0.1) is 0 Å². The molecule has 0 radical (unpaired) electrons. The van der Waals surface area contributed by atoms with Gasteiger partial charge in [-0.25, -0.2) is 4.98 Å². The molecule has 13 heteroatoms. The number of benzene rings is 3. The maximum Gasteiger partial charge on any atom is 0.416 e. The van der Waals surface area contributed by atoms with E-state index in [1.807, 2.05) is 18.7 Å². The number of ether oxygens (including phenoxy) is 1. The normalized spacial score (nSPS) is 15.4. The van der Waals surface area contributed by atoms with E-state index in [1.54, 1.807) is 48.5 Å². The average molecular weight is 619 g/mol. The van der Waals surface area contributed by atoms with E-state index in [2.05, 4.69) is 0 Å². The van der Waals surface area contributed by atoms with Crippen molar-refractivity contribution in [1.82, 2.24) is 19.4 Å². The fourth-order valence-electron chi connectivity index (χ4n) is 5.27. The van der Waals surface area contributed by atoms with Gasteiger partial charge in [0.1, 0.15) is 11.6 Å². The van der Waals surface area contributed by atoms with Crippen LogP contribution in [0.25, 0.3) is 16.6 Å². The van der Waals surface area contributed by atoms with Gasteiger partial charge >= 0.3 is 12.4 Å². The summed E-state index contributed by atoms with van der Waals surface area (Å²) in [5.74, 6) is 0.144. The maximum atomic E-state index is 13.7. The van der Waals surface area contributed by atoms with Crippen LogP contribution in [0.15, 0.2) is 71.5 Å². The van der Waals surface area contributed by atoms with Crippen molar-refractivity contribution in [2.45, 2.75) is 32.2 Å². The molecule has 0 bridgehead atoms. The molecule has 0 saturated carbocycles. The molecule has 1 amide bonds. The lowest BCUT2D eigenvalue weighted by atomic mass is 10.0. The van der Waals surface area contributed by atoms with Crippen LogP contribution in [0.4, 0.5) is 26.3 Å². The Morgan fingerprint density at radius 2 is 1.48 bits per heavy atom. The van der Waals surface area contributed by atoms with E-state index in [0.29, 0.717) is 46.9 Å². The van der Waals surface area contributed by atoms with Crippen LogP contribution in [0.1, 0.15) is 47.2 Å². The van der Waals surface area contributed by atoms with E-state index in [0.717, 1.165) is 0 Å². The Hall–Kier alpha value is -4.39. The van der Waals surface area contributed by atoms with Crippen LogP contribution >= 0.6 is 0 Å². The minimum Gasteiger partial charge on any atom is -0.494 e. The molecule has 5 rings (SSSR count). The van der Waals surface area contributed by atoms with Crippen molar-refractivity contribution in [3.05, 3.63) is 99.6 Å². The molecule has 1 aliphatic rings. The number of para-hydroxylation sites is 1. The number of amides is 1. The van der Waals surface area contributed by atoms with E-state index >= 15 is 0 Å². The lowest BCUT2D eigenvalue weighted by molar-refractivity contribution is -0.143. The Bertz CT molecular complexity index is 1690. The van der Waals surface area contributed by atoms with Gasteiger partial charge in [-0.15, -0.1) is 0 Å². The minimum absolute atomic E-state index is 0.00312. The second kappa shape index (κ2) is 11.9. The topological polar surface area (TPSA) is 67.7 Å². The first-order valence-electron chi connectivity index (χ1n) is 13.9. The first-order chi connectivity index (χ1) is 20.8. The highest BCUT2D eigenvalue weighted by atomic mass is 19.4. The van der Waals surface area contributed by atoms with Gasteiger partial charge in [0, 0.05) is 31.7 Å². The molecule has 1 saturated heterocycles. The van der Waals surface area contributed by atoms with Gasteiger partial charge in [-0.2, -0.15) is 26.3 Å². The number of piperazine rings is 1. The number of carbonyl (C=O) groups is 1. The monoisotopic (exact) mass is 618 g/mol. The lowest BCUT2D eigenvalue weighted by Gasteiger charge is -2.38. The highest BCUT2D eigenvalue weighted by Gasteiger charge is 2.38. The van der Waals surface area contributed by atoms with E-state index in [4.69, 9.17) is 9.72 Å². The zero-order chi connectivity index (χ0) is 31.8. The number of alkyl halides is 6. The van der Waals surface area contributed by atoms with Gasteiger partial charge in [0.25, 0.3) is 11.5 Å². The van der Waals surface area contributed by atoms with Crippen molar-refractivity contribution in [3.8, 4) is 11.4 Å². The van der Waals surface area contributed by atoms with E-state index in [9.17, 15) is 35.9 Å². The number of carbonyl (C=O) groups excluding carboxylic acids is 1. The van der Waals surface area contributed by atoms with Crippen molar-refractivity contribution in [2.75, 3.05) is 32.8 Å². The third-order valence-corrected chi connectivity index (χ3v) is 7.57. The van der Waals surface area contributed by atoms with Crippen LogP contribution in [0.5, 0.6) is 5.75 Å². The quantitative estimate of drug-likeness (QED) is 0.236. The van der Waals surface area contributed by atoms with Crippen LogP contribution < -0.4 is 10.3 Å². The van der Waals surface area contributed by atoms with Crippen molar-refractivity contribution in [1.29, 1.82) is 0 Å². The third kappa shape index (κ3) is 6.28. The molecule has 3 aromatic carbocycles. The molecule has 0 N–H and O–H groups in total. The van der Waals surface area contributed by atoms with Gasteiger partial charge in [0.05, 0.1) is 40.4 Å². The summed E-state index contributed by atoms with van der Waals surface area (Å²) >= 11 is 0. The Morgan fingerprint density at radius 3 is 2.05 bits per heavy atom. The molecular weight excluding hydrogens is 590 g/mol. The van der Waals surface area contributed by atoms with E-state index in [-0.39, 0.29) is 37.8 Å². The molecular formula is C31H28F6N4O3. The molecule has 2 heterocycles. The second-order valence-electron chi connectivity index (χ2n) is 10.4. The summed E-state index contributed by atoms with van der Waals surface area (Å²) in [4.78, 5) is 34.8. The highest BCUT2D eigenvalue weighted by molar-refractivity contribution is 5.94. The first-order valence-corrected chi connectivity index (χ1v) is 13.9. The summed E-state index contributed by atoms with van der Waals surface area (Å²) in [6, 6.07) is 14.4. The summed E-state index contributed by atoms with van der Waals surface area (Å²) in [6.45, 7) is 4.75. The van der Waals surface area contributed by atoms with E-state index < -0.39 is 41.0 Å². The standard InChI is InChI=1S/C31H28F6N4O3/c1-3-44-24-10-8-23(9-11-24)41-27(38-26-7-5-4-6-25(26)29(41)43)19(2)39-12-14-40(15-13-39)28(42)20-16-21(30(32,33)34)18-22(17-20)31(35,36)37/h4-11,16-19H,3,12-15H2,1-2H3. The zero-order valence-electron chi connectivity index (χ0n) is 23.7. The fraction of sp³-hybridized carbons (Fsp3) is 0.323. The predicted molar refractivity (Wildman–Crippen MR) is 151 cm³/mol. The van der Waals surface area contributed by atoms with Gasteiger partial charge in [0.2, 0.25) is 0 Å². The predicted octanol–water partition coefficient (Wildman–Crippen LogP) is 6.34. The van der Waals surface area contributed by atoms with Crippen molar-refractivity contribution >= 4 is 16.8 Å². The SMILES string of the molecule is CCOc1ccc(-n2c(C(C)N3CCN(C(=O)c4cc(C(F)(F)F)cc(C(F)(F)F)c4)CC3)nc3ccccc3c2=O)cc1. The summed E-state index contributed by atoms with van der Waals surface area (Å²) in [5.41, 5.74) is -2.98. The van der Waals surface area contributed by atoms with Gasteiger partial charge < -0.3 is 9.64 Å². The number of halogens is 6. The number of hydrogen-bond acceptors (Lipinski definition) is 5. The second-order valence-corrected chi connectivity index (χ2v) is 10.4. The number of rotatable bonds is 6. The Balaban J connectivity index is 1.42. The maximum absolute atomic E-state index is 13.7. The molecule has 4 aromatic rings. The Morgan fingerprint density at radius 1 is 0.886 bits per heavy atom. The minimum atomic E-state index is -5.06. The molecule has 232 valence electrons. The Labute approximate surface area is 248 Å². The van der Waals surface area contributed by atoms with Crippen LogP contribution in [-0.4, -0.2) is 58.0 Å². The molecule has 44 heavy (non-hydrogen) atoms. The Kier molecular flexibility index (Phi) is 8.43. The van der Waals surface area contributed by atoms with Crippen molar-refractivity contribution in [3.63, 3.8) is 0 Å². The average Bonchev–Trinajstić information content (AvgIpc) is 3.00. The molecule has 0 aliphatic carbocycles. The van der Waals surface area contributed by atoms with Gasteiger partial charge in [-0.1, -0.05) is 12.1 Å². The number of nitrogens with zero attached hydrogens (tertiary/aromatic N) is 4. The largest absolute Gasteiger partial charge is 0.494 e. The molecule has 1 fully saturated rings. The molecule has 0 spiro atoms. The van der Waals surface area contributed by atoms with Crippen molar-refractivity contribution < 1.29 is 35.9 Å². The van der Waals surface area contributed by atoms with Crippen LogP contribution in [0.2, 0.25) is 0 Å². The summed E-state index contributed by atoms with van der Waals surface area (Å²) in [6.07, 6.45) is -10.1. The van der Waals surface area contributed by atoms with Gasteiger partial charge in [-0.3, -0.25) is 19.1 Å². The number of fused-ring (bicyclic) bond motifs is 1. The molecule has 1 unspecified atom stereocenters. The van der Waals surface area contributed by atoms with Crippen LogP contribution in [-0.2, 0) is 12.4 Å². The summed E-state index contributed by atoms with van der Waals surface area (Å²) in [5, 5.41) is 0.423. The molecule has 7 nitrogen and oxygen atoms in total. The molecule has 1 aromatic heterocycles. The first kappa shape index (κ1) is 31.0. The summed E-state index contributed by atoms with van der Waals surface area (Å²) < 4.78 is 87.1. The number of aromatic nitrogens is 2. The fourth-order valence-corrected chi connectivity index (χ4v) is 5.27. The smallest absolute Gasteiger partial charge is 0.416 e. The van der Waals surface area contributed by atoms with Gasteiger partial charge in [-0.05, 0) is 68.4 Å².